The van der Waals surface area contributed by atoms with E-state index in [2.05, 4.69) is 5.32 Å². The molecule has 0 aliphatic heterocycles. The molecule has 1 heterocycles. The summed E-state index contributed by atoms with van der Waals surface area (Å²) in [6.07, 6.45) is 0. The summed E-state index contributed by atoms with van der Waals surface area (Å²) < 4.78 is 15.6. The molecule has 1 N–H and O–H groups in total. The van der Waals surface area contributed by atoms with Gasteiger partial charge >= 0.3 is 0 Å². The largest absolute Gasteiger partial charge is 0.355 e. The topological polar surface area (TPSA) is 51.1 Å². The van der Waals surface area contributed by atoms with Crippen LogP contribution in [0.25, 0.3) is 22.0 Å². The second-order valence-corrected chi connectivity index (χ2v) is 5.19. The van der Waals surface area contributed by atoms with Crippen molar-refractivity contribution in [2.45, 2.75) is 0 Å². The minimum atomic E-state index is -0.483. The number of hydrogen-bond donors (Lipinski definition) is 1. The third kappa shape index (κ3) is 2.30. The molecule has 4 nitrogen and oxygen atoms in total. The fraction of sp³-hybridized carbons (Fsp3) is 0.111. The molecule has 0 aliphatic rings. The van der Waals surface area contributed by atoms with Crippen LogP contribution in [0.15, 0.2) is 53.3 Å². The first-order valence-corrected chi connectivity index (χ1v) is 7.15. The number of carbonyl (C=O) groups is 1. The number of carbonyl (C=O) groups excluding carboxylic acids is 1. The lowest BCUT2D eigenvalue weighted by atomic mass is 9.98. The predicted octanol–water partition coefficient (Wildman–Crippen LogP) is 2.70. The molecule has 2 aromatic carbocycles. The van der Waals surface area contributed by atoms with Gasteiger partial charge in [0, 0.05) is 30.4 Å². The number of pyridine rings is 1. The normalized spacial score (nSPS) is 10.7. The zero-order valence-corrected chi connectivity index (χ0v) is 12.8. The summed E-state index contributed by atoms with van der Waals surface area (Å²) in [5.74, 6) is -0.849. The number of hydrogen-bond acceptors (Lipinski definition) is 2. The molecule has 116 valence electrons. The van der Waals surface area contributed by atoms with Gasteiger partial charge in [0.1, 0.15) is 5.82 Å². The number of rotatable bonds is 2. The molecule has 0 fully saturated rings. The molecule has 0 aliphatic carbocycles. The van der Waals surface area contributed by atoms with Crippen molar-refractivity contribution < 1.29 is 9.18 Å². The van der Waals surface area contributed by atoms with E-state index in [0.717, 1.165) is 0 Å². The van der Waals surface area contributed by atoms with Gasteiger partial charge in [-0.15, -0.1) is 0 Å². The molecule has 5 heteroatoms. The van der Waals surface area contributed by atoms with Crippen molar-refractivity contribution in [2.24, 2.45) is 7.05 Å². The maximum atomic E-state index is 14.3. The second-order valence-electron chi connectivity index (χ2n) is 5.19. The van der Waals surface area contributed by atoms with Gasteiger partial charge in [-0.25, -0.2) is 4.39 Å². The van der Waals surface area contributed by atoms with Gasteiger partial charge in [0.05, 0.1) is 11.3 Å². The minimum Gasteiger partial charge on any atom is -0.355 e. The SMILES string of the molecule is CNC(=O)c1c(-c2ccccc2F)n(C)c(=O)c2ccccc12. The minimum absolute atomic E-state index is 0.219. The summed E-state index contributed by atoms with van der Waals surface area (Å²) in [6.45, 7) is 0. The number of nitrogens with one attached hydrogen (secondary N) is 1. The molecule has 23 heavy (non-hydrogen) atoms. The van der Waals surface area contributed by atoms with E-state index in [1.165, 1.54) is 17.7 Å². The lowest BCUT2D eigenvalue weighted by molar-refractivity contribution is 0.0964. The Morgan fingerprint density at radius 1 is 1.04 bits per heavy atom. The van der Waals surface area contributed by atoms with Crippen LogP contribution in [0, 0.1) is 5.82 Å². The monoisotopic (exact) mass is 310 g/mol. The molecule has 0 saturated heterocycles. The summed E-state index contributed by atoms with van der Waals surface area (Å²) in [5, 5.41) is 3.51. The van der Waals surface area contributed by atoms with Gasteiger partial charge in [-0.3, -0.25) is 9.59 Å². The average molecular weight is 310 g/mol. The Morgan fingerprint density at radius 3 is 2.30 bits per heavy atom. The van der Waals surface area contributed by atoms with Crippen LogP contribution < -0.4 is 10.9 Å². The van der Waals surface area contributed by atoms with Crippen LogP contribution in [0.1, 0.15) is 10.4 Å². The first-order valence-electron chi connectivity index (χ1n) is 7.15. The first-order chi connectivity index (χ1) is 11.1. The molecule has 0 radical (unpaired) electrons. The summed E-state index contributed by atoms with van der Waals surface area (Å²) in [5.41, 5.74) is 0.504. The van der Waals surface area contributed by atoms with E-state index in [1.807, 2.05) is 0 Å². The average Bonchev–Trinajstić information content (AvgIpc) is 2.58. The van der Waals surface area contributed by atoms with Gasteiger partial charge in [0.2, 0.25) is 0 Å². The molecule has 0 saturated carbocycles. The lowest BCUT2D eigenvalue weighted by Crippen LogP contribution is -2.27. The molecule has 0 atom stereocenters. The van der Waals surface area contributed by atoms with E-state index >= 15 is 0 Å². The van der Waals surface area contributed by atoms with E-state index in [4.69, 9.17) is 0 Å². The van der Waals surface area contributed by atoms with E-state index in [1.54, 1.807) is 49.5 Å². The van der Waals surface area contributed by atoms with Gasteiger partial charge in [0.25, 0.3) is 11.5 Å². The van der Waals surface area contributed by atoms with Crippen LogP contribution in [0.2, 0.25) is 0 Å². The summed E-state index contributed by atoms with van der Waals surface area (Å²) in [7, 11) is 3.05. The molecule has 0 bridgehead atoms. The smallest absolute Gasteiger partial charge is 0.258 e. The number of amides is 1. The van der Waals surface area contributed by atoms with Gasteiger partial charge in [-0.05, 0) is 18.2 Å². The first kappa shape index (κ1) is 15.0. The molecule has 0 spiro atoms. The van der Waals surface area contributed by atoms with Crippen molar-refractivity contribution in [1.82, 2.24) is 9.88 Å². The van der Waals surface area contributed by atoms with Crippen molar-refractivity contribution in [3.05, 3.63) is 70.3 Å². The Bertz CT molecular complexity index is 976. The van der Waals surface area contributed by atoms with E-state index in [0.29, 0.717) is 10.8 Å². The van der Waals surface area contributed by atoms with Gasteiger partial charge < -0.3 is 9.88 Å². The Balaban J connectivity index is 2.55. The predicted molar refractivity (Wildman–Crippen MR) is 88.0 cm³/mol. The fourth-order valence-corrected chi connectivity index (χ4v) is 2.79. The number of aromatic nitrogens is 1. The molecular formula is C18H15FN2O2. The maximum absolute atomic E-state index is 14.3. The number of fused-ring (bicyclic) bond motifs is 1. The maximum Gasteiger partial charge on any atom is 0.258 e. The molecule has 1 amide bonds. The van der Waals surface area contributed by atoms with Crippen LogP contribution in [-0.4, -0.2) is 17.5 Å². The highest BCUT2D eigenvalue weighted by molar-refractivity contribution is 6.11. The van der Waals surface area contributed by atoms with E-state index in [9.17, 15) is 14.0 Å². The fourth-order valence-electron chi connectivity index (χ4n) is 2.79. The summed E-state index contributed by atoms with van der Waals surface area (Å²) in [4.78, 5) is 25.1. The lowest BCUT2D eigenvalue weighted by Gasteiger charge is -2.17. The molecule has 3 aromatic rings. The van der Waals surface area contributed by atoms with Crippen LogP contribution >= 0.6 is 0 Å². The van der Waals surface area contributed by atoms with Crippen molar-refractivity contribution in [1.29, 1.82) is 0 Å². The Labute approximate surface area is 132 Å². The zero-order valence-electron chi connectivity index (χ0n) is 12.8. The van der Waals surface area contributed by atoms with Crippen molar-refractivity contribution >= 4 is 16.7 Å². The highest BCUT2D eigenvalue weighted by Gasteiger charge is 2.22. The number of halogens is 1. The summed E-state index contributed by atoms with van der Waals surface area (Å²) in [6, 6.07) is 13.0. The van der Waals surface area contributed by atoms with E-state index in [-0.39, 0.29) is 28.3 Å². The second kappa shape index (κ2) is 5.68. The number of benzene rings is 2. The standard InChI is InChI=1S/C18H15FN2O2/c1-20-17(22)15-11-7-3-4-8-12(11)18(23)21(2)16(15)13-9-5-6-10-14(13)19/h3-10H,1-2H3,(H,20,22). The Kier molecular flexibility index (Phi) is 3.70. The highest BCUT2D eigenvalue weighted by atomic mass is 19.1. The Morgan fingerprint density at radius 2 is 1.65 bits per heavy atom. The van der Waals surface area contributed by atoms with Crippen molar-refractivity contribution in [3.8, 4) is 11.3 Å². The van der Waals surface area contributed by atoms with Crippen molar-refractivity contribution in [2.75, 3.05) is 7.05 Å². The highest BCUT2D eigenvalue weighted by Crippen LogP contribution is 2.29. The van der Waals surface area contributed by atoms with Crippen LogP contribution in [0.5, 0.6) is 0 Å². The van der Waals surface area contributed by atoms with Gasteiger partial charge in [-0.1, -0.05) is 30.3 Å². The molecular weight excluding hydrogens is 295 g/mol. The summed E-state index contributed by atoms with van der Waals surface area (Å²) >= 11 is 0. The third-order valence-electron chi connectivity index (χ3n) is 3.89. The van der Waals surface area contributed by atoms with Crippen LogP contribution in [-0.2, 0) is 7.05 Å². The van der Waals surface area contributed by atoms with Gasteiger partial charge in [-0.2, -0.15) is 0 Å². The molecule has 0 unspecified atom stereocenters. The van der Waals surface area contributed by atoms with Crippen LogP contribution in [0.4, 0.5) is 4.39 Å². The number of nitrogens with zero attached hydrogens (tertiary/aromatic N) is 1. The molecule has 3 rings (SSSR count). The van der Waals surface area contributed by atoms with Crippen molar-refractivity contribution in [3.63, 3.8) is 0 Å². The van der Waals surface area contributed by atoms with Gasteiger partial charge in [0.15, 0.2) is 0 Å². The third-order valence-corrected chi connectivity index (χ3v) is 3.89. The van der Waals surface area contributed by atoms with E-state index < -0.39 is 5.82 Å². The zero-order chi connectivity index (χ0) is 16.6. The quantitative estimate of drug-likeness (QED) is 0.791. The Hall–Kier alpha value is -2.95. The molecule has 1 aromatic heterocycles. The van der Waals surface area contributed by atoms with Crippen LogP contribution in [0.3, 0.4) is 0 Å².